The van der Waals surface area contributed by atoms with Crippen molar-refractivity contribution in [2.75, 3.05) is 13.2 Å². The summed E-state index contributed by atoms with van der Waals surface area (Å²) in [4.78, 5) is 12.5. The maximum absolute atomic E-state index is 12.5. The average Bonchev–Trinajstić information content (AvgIpc) is 2.47. The van der Waals surface area contributed by atoms with Crippen LogP contribution in [0, 0.1) is 23.2 Å². The van der Waals surface area contributed by atoms with Crippen molar-refractivity contribution in [1.82, 2.24) is 0 Å². The SMILES string of the molecule is CC1=C[C@@]23COCCC[C@H]2C[C@@H]1C(C)C3=O. The van der Waals surface area contributed by atoms with Gasteiger partial charge in [0.15, 0.2) is 0 Å². The summed E-state index contributed by atoms with van der Waals surface area (Å²) >= 11 is 0. The highest BCUT2D eigenvalue weighted by molar-refractivity contribution is 5.92. The minimum absolute atomic E-state index is 0.211. The van der Waals surface area contributed by atoms with Gasteiger partial charge in [0.2, 0.25) is 0 Å². The van der Waals surface area contributed by atoms with E-state index < -0.39 is 0 Å². The van der Waals surface area contributed by atoms with Crippen LogP contribution in [0.4, 0.5) is 0 Å². The number of hydrogen-bond donors (Lipinski definition) is 0. The molecule has 2 bridgehead atoms. The third-order valence-electron chi connectivity index (χ3n) is 5.00. The molecule has 4 rings (SSSR count). The van der Waals surface area contributed by atoms with Crippen LogP contribution < -0.4 is 0 Å². The molecule has 3 aliphatic carbocycles. The Morgan fingerprint density at radius 3 is 3.12 bits per heavy atom. The molecule has 1 saturated heterocycles. The topological polar surface area (TPSA) is 26.3 Å². The standard InChI is InChI=1S/C14H20O2/c1-9-7-14-8-16-5-3-4-11(14)6-12(9)10(2)13(14)15/h7,10-12H,3-6,8H2,1-2H3/t10?,11-,12-,14+/m0/s1. The van der Waals surface area contributed by atoms with Crippen molar-refractivity contribution in [1.29, 1.82) is 0 Å². The van der Waals surface area contributed by atoms with Crippen LogP contribution in [0.2, 0.25) is 0 Å². The first kappa shape index (κ1) is 10.5. The van der Waals surface area contributed by atoms with Gasteiger partial charge in [0.05, 0.1) is 12.0 Å². The number of carbonyl (C=O) groups excluding carboxylic acids is 1. The Morgan fingerprint density at radius 2 is 2.31 bits per heavy atom. The molecule has 1 heterocycles. The van der Waals surface area contributed by atoms with Gasteiger partial charge in [-0.1, -0.05) is 18.6 Å². The van der Waals surface area contributed by atoms with Crippen LogP contribution in [-0.2, 0) is 9.53 Å². The van der Waals surface area contributed by atoms with Gasteiger partial charge < -0.3 is 4.74 Å². The lowest BCUT2D eigenvalue weighted by atomic mass is 9.52. The summed E-state index contributed by atoms with van der Waals surface area (Å²) in [5, 5.41) is 0. The lowest BCUT2D eigenvalue weighted by Crippen LogP contribution is -2.53. The summed E-state index contributed by atoms with van der Waals surface area (Å²) in [6.07, 6.45) is 5.74. The predicted octanol–water partition coefficient (Wildman–Crippen LogP) is 2.58. The van der Waals surface area contributed by atoms with E-state index in [2.05, 4.69) is 19.9 Å². The summed E-state index contributed by atoms with van der Waals surface area (Å²) in [6, 6.07) is 0. The number of allylic oxidation sites excluding steroid dienone is 1. The fourth-order valence-corrected chi connectivity index (χ4v) is 4.09. The van der Waals surface area contributed by atoms with Gasteiger partial charge in [0.1, 0.15) is 5.78 Å². The smallest absolute Gasteiger partial charge is 0.148 e. The fraction of sp³-hybridized carbons (Fsp3) is 0.786. The zero-order valence-electron chi connectivity index (χ0n) is 10.2. The van der Waals surface area contributed by atoms with Crippen molar-refractivity contribution in [3.8, 4) is 0 Å². The number of Topliss-reactive ketones (excluding diaryl/α,β-unsaturated/α-hetero) is 1. The molecule has 0 radical (unpaired) electrons. The second-order valence-corrected chi connectivity index (χ2v) is 5.82. The van der Waals surface area contributed by atoms with E-state index in [9.17, 15) is 4.79 Å². The predicted molar refractivity (Wildman–Crippen MR) is 62.0 cm³/mol. The fourth-order valence-electron chi connectivity index (χ4n) is 4.09. The molecular formula is C14H20O2. The largest absolute Gasteiger partial charge is 0.380 e. The van der Waals surface area contributed by atoms with Crippen molar-refractivity contribution < 1.29 is 9.53 Å². The third-order valence-corrected chi connectivity index (χ3v) is 5.00. The summed E-state index contributed by atoms with van der Waals surface area (Å²) in [5.74, 6) is 1.72. The molecule has 88 valence electrons. The highest BCUT2D eigenvalue weighted by Gasteiger charge is 2.55. The molecule has 4 atom stereocenters. The van der Waals surface area contributed by atoms with Crippen LogP contribution in [0.5, 0.6) is 0 Å². The Morgan fingerprint density at radius 1 is 1.50 bits per heavy atom. The lowest BCUT2D eigenvalue weighted by Gasteiger charge is -2.50. The van der Waals surface area contributed by atoms with Gasteiger partial charge in [-0.05, 0) is 38.0 Å². The minimum Gasteiger partial charge on any atom is -0.380 e. The van der Waals surface area contributed by atoms with Crippen molar-refractivity contribution in [3.63, 3.8) is 0 Å². The summed E-state index contributed by atoms with van der Waals surface area (Å²) in [6.45, 7) is 5.76. The van der Waals surface area contributed by atoms with Gasteiger partial charge in [-0.3, -0.25) is 4.79 Å². The lowest BCUT2D eigenvalue weighted by molar-refractivity contribution is -0.143. The van der Waals surface area contributed by atoms with Crippen LogP contribution in [0.1, 0.15) is 33.1 Å². The zero-order chi connectivity index (χ0) is 11.3. The monoisotopic (exact) mass is 220 g/mol. The molecule has 2 nitrogen and oxygen atoms in total. The molecule has 1 saturated carbocycles. The average molecular weight is 220 g/mol. The molecule has 0 amide bonds. The first-order valence-corrected chi connectivity index (χ1v) is 6.46. The van der Waals surface area contributed by atoms with E-state index in [-0.39, 0.29) is 11.3 Å². The highest BCUT2D eigenvalue weighted by atomic mass is 16.5. The molecule has 4 aliphatic rings. The number of rotatable bonds is 0. The van der Waals surface area contributed by atoms with E-state index in [4.69, 9.17) is 4.74 Å². The maximum Gasteiger partial charge on any atom is 0.148 e. The van der Waals surface area contributed by atoms with Gasteiger partial charge in [-0.2, -0.15) is 0 Å². The highest BCUT2D eigenvalue weighted by Crippen LogP contribution is 2.54. The molecule has 0 aromatic heterocycles. The van der Waals surface area contributed by atoms with Crippen LogP contribution in [-0.4, -0.2) is 19.0 Å². The Kier molecular flexibility index (Phi) is 2.25. The molecule has 0 aromatic rings. The molecule has 1 aliphatic heterocycles. The van der Waals surface area contributed by atoms with Crippen molar-refractivity contribution in [3.05, 3.63) is 11.6 Å². The van der Waals surface area contributed by atoms with E-state index in [1.54, 1.807) is 0 Å². The van der Waals surface area contributed by atoms with Crippen LogP contribution in [0.15, 0.2) is 11.6 Å². The van der Waals surface area contributed by atoms with Crippen molar-refractivity contribution >= 4 is 5.78 Å². The van der Waals surface area contributed by atoms with Gasteiger partial charge >= 0.3 is 0 Å². The van der Waals surface area contributed by atoms with Gasteiger partial charge in [-0.25, -0.2) is 0 Å². The van der Waals surface area contributed by atoms with Crippen molar-refractivity contribution in [2.24, 2.45) is 23.2 Å². The van der Waals surface area contributed by atoms with E-state index in [0.29, 0.717) is 24.2 Å². The molecule has 2 fully saturated rings. The first-order valence-electron chi connectivity index (χ1n) is 6.46. The molecule has 0 aromatic carbocycles. The summed E-state index contributed by atoms with van der Waals surface area (Å²) < 4.78 is 5.68. The van der Waals surface area contributed by atoms with Gasteiger partial charge in [0, 0.05) is 12.5 Å². The number of fused-ring (bicyclic) bond motifs is 1. The van der Waals surface area contributed by atoms with Crippen LogP contribution >= 0.6 is 0 Å². The summed E-state index contributed by atoms with van der Waals surface area (Å²) in [7, 11) is 0. The Balaban J connectivity index is 2.08. The van der Waals surface area contributed by atoms with Gasteiger partial charge in [0.25, 0.3) is 0 Å². The Labute approximate surface area is 97.1 Å². The Hall–Kier alpha value is -0.630. The Bertz CT molecular complexity index is 358. The second kappa shape index (κ2) is 3.43. The third kappa shape index (κ3) is 1.20. The second-order valence-electron chi connectivity index (χ2n) is 5.82. The van der Waals surface area contributed by atoms with E-state index in [1.165, 1.54) is 18.4 Å². The van der Waals surface area contributed by atoms with Crippen molar-refractivity contribution in [2.45, 2.75) is 33.1 Å². The van der Waals surface area contributed by atoms with E-state index >= 15 is 0 Å². The quantitative estimate of drug-likeness (QED) is 0.586. The molecule has 16 heavy (non-hydrogen) atoms. The molecular weight excluding hydrogens is 200 g/mol. The number of carbonyl (C=O) groups is 1. The number of ether oxygens (including phenoxy) is 1. The molecule has 0 N–H and O–H groups in total. The normalized spacial score (nSPS) is 47.2. The minimum atomic E-state index is -0.255. The first-order chi connectivity index (χ1) is 7.65. The summed E-state index contributed by atoms with van der Waals surface area (Å²) in [5.41, 5.74) is 1.17. The van der Waals surface area contributed by atoms with Crippen LogP contribution in [0.3, 0.4) is 0 Å². The van der Waals surface area contributed by atoms with Crippen LogP contribution in [0.25, 0.3) is 0 Å². The number of hydrogen-bond acceptors (Lipinski definition) is 2. The van der Waals surface area contributed by atoms with E-state index in [1.807, 2.05) is 0 Å². The number of ketones is 1. The molecule has 1 spiro atoms. The maximum atomic E-state index is 12.5. The van der Waals surface area contributed by atoms with Gasteiger partial charge in [-0.15, -0.1) is 0 Å². The molecule has 2 heteroatoms. The van der Waals surface area contributed by atoms with E-state index in [0.717, 1.165) is 13.0 Å². The molecule has 1 unspecified atom stereocenters. The zero-order valence-corrected chi connectivity index (χ0v) is 10.2.